The van der Waals surface area contributed by atoms with E-state index >= 15 is 0 Å². The summed E-state index contributed by atoms with van der Waals surface area (Å²) in [7, 11) is 0. The van der Waals surface area contributed by atoms with Crippen molar-refractivity contribution in [3.8, 4) is 0 Å². The highest BCUT2D eigenvalue weighted by Crippen LogP contribution is 2.31. The number of ether oxygens (including phenoxy) is 1. The van der Waals surface area contributed by atoms with E-state index in [1.807, 2.05) is 63.2 Å². The quantitative estimate of drug-likeness (QED) is 0.106. The molecule has 18 nitrogen and oxygen atoms in total. The number of nitrogens with zero attached hydrogens (tertiary/aromatic N) is 7. The first-order valence-electron chi connectivity index (χ1n) is 38.1. The van der Waals surface area contributed by atoms with Crippen LogP contribution in [0.25, 0.3) is 0 Å². The monoisotopic (exact) mass is 1390 g/mol. The van der Waals surface area contributed by atoms with Gasteiger partial charge in [0.25, 0.3) is 0 Å². The number of amides is 5. The minimum atomic E-state index is -0.388. The van der Waals surface area contributed by atoms with Crippen molar-refractivity contribution in [2.75, 3.05) is 91.6 Å². The molecule has 6 N–H and O–H groups in total. The van der Waals surface area contributed by atoms with Crippen LogP contribution in [0.1, 0.15) is 270 Å². The molecule has 98 heavy (non-hydrogen) atoms. The summed E-state index contributed by atoms with van der Waals surface area (Å²) < 4.78 is 5.39. The van der Waals surface area contributed by atoms with Gasteiger partial charge < -0.3 is 41.5 Å². The van der Waals surface area contributed by atoms with Gasteiger partial charge in [-0.15, -0.1) is 0 Å². The van der Waals surface area contributed by atoms with Gasteiger partial charge >= 0.3 is 6.09 Å². The summed E-state index contributed by atoms with van der Waals surface area (Å²) in [6.07, 6.45) is 17.1. The topological polar surface area (TPSA) is 210 Å². The van der Waals surface area contributed by atoms with Crippen LogP contribution >= 0.6 is 0 Å². The van der Waals surface area contributed by atoms with Crippen LogP contribution < -0.4 is 22.1 Å². The number of likely N-dealkylation sites (N-methyl/N-ethyl adjacent to an activating group) is 1. The molecule has 8 saturated heterocycles. The number of piperidine rings is 3. The van der Waals surface area contributed by atoms with Gasteiger partial charge in [0, 0.05) is 93.7 Å². The Morgan fingerprint density at radius 3 is 1.43 bits per heavy atom. The molecule has 8 heterocycles. The molecule has 0 aliphatic carbocycles. The third-order valence-corrected chi connectivity index (χ3v) is 20.5. The van der Waals surface area contributed by atoms with Crippen molar-refractivity contribution >= 4 is 35.5 Å². The zero-order valence-corrected chi connectivity index (χ0v) is 66.1. The molecule has 8 aliphatic heterocycles. The molecule has 0 spiro atoms. The fourth-order valence-corrected chi connectivity index (χ4v) is 14.1. The molecule has 5 unspecified atom stereocenters. The van der Waals surface area contributed by atoms with E-state index in [0.717, 1.165) is 151 Å². The zero-order valence-electron chi connectivity index (χ0n) is 66.1. The van der Waals surface area contributed by atoms with Gasteiger partial charge in [0.05, 0.1) is 19.1 Å². The number of primary amides is 1. The summed E-state index contributed by atoms with van der Waals surface area (Å²) in [6.45, 7) is 69.7. The number of rotatable bonds is 16. The van der Waals surface area contributed by atoms with Crippen LogP contribution in [0.5, 0.6) is 0 Å². The number of Topliss-reactive ketones (excluding diaryl/α,β-unsaturated/α-hetero) is 1. The number of hydrogen-bond donors (Lipinski definition) is 4. The van der Waals surface area contributed by atoms with Gasteiger partial charge in [-0.3, -0.25) is 43.6 Å². The van der Waals surface area contributed by atoms with Crippen LogP contribution in [0, 0.1) is 52.8 Å². The van der Waals surface area contributed by atoms with Gasteiger partial charge in [0.1, 0.15) is 11.4 Å². The van der Waals surface area contributed by atoms with Crippen LogP contribution in [0.2, 0.25) is 0 Å². The zero-order chi connectivity index (χ0) is 73.4. The maximum Gasteiger partial charge on any atom is 0.410 e. The van der Waals surface area contributed by atoms with E-state index in [-0.39, 0.29) is 55.7 Å². The molecular formula is C80H159N11O7. The van der Waals surface area contributed by atoms with Crippen molar-refractivity contribution in [1.29, 1.82) is 0 Å². The van der Waals surface area contributed by atoms with E-state index in [4.69, 9.17) is 16.2 Å². The number of β-lactam (4-membered cyclic amide) rings is 1. The number of carbonyl (C=O) groups excluding carboxylic acids is 6. The van der Waals surface area contributed by atoms with Gasteiger partial charge in [-0.2, -0.15) is 0 Å². The van der Waals surface area contributed by atoms with E-state index in [1.54, 1.807) is 6.92 Å². The molecular weight excluding hydrogens is 1230 g/mol. The maximum atomic E-state index is 12.0. The Bertz CT molecular complexity index is 2260. The molecule has 8 fully saturated rings. The predicted octanol–water partition coefficient (Wildman–Crippen LogP) is 14.5. The molecule has 0 saturated carbocycles. The number of allylic oxidation sites excluding steroid dienone is 1. The fourth-order valence-electron chi connectivity index (χ4n) is 14.1. The summed E-state index contributed by atoms with van der Waals surface area (Å²) in [4.78, 5) is 81.9. The SMILES string of the molecule is C.C.C=C(N)CN1CCCC1C(C)C.C=C1CCCC(C(C)C)N1.CC(=O)CN1CCC(C(C)C)CC1.CC(C)(C)C1CNC(=O)C1.CC(C)C1CCCN1C(=O)OC(C)(C)C.CC(C)N1CCC1=O.CC(C)N1CCCC1C(N)=O.CCN(CC)C(=O)CN1CCC(C(C)C)CC1. The van der Waals surface area contributed by atoms with E-state index in [0.29, 0.717) is 67.2 Å². The number of nitrogens with one attached hydrogen (secondary N) is 2. The Hall–Kier alpha value is -4.26. The lowest BCUT2D eigenvalue weighted by Crippen LogP contribution is -2.47. The van der Waals surface area contributed by atoms with Crippen LogP contribution in [0.15, 0.2) is 24.6 Å². The Balaban J connectivity index is 0. The molecule has 18 heteroatoms. The standard InChI is InChI=1S/C14H28N2O.C12H23NO2.C11H21NO.C10H20N2.C9H17N.C8H16N2O.C8H15NO.C6H11NO.2CH4/c1-5-16(6-2)14(17)11-15-9-7-13(8-10-15)12(3)4;1-9(2)10-7-6-8-13(10)11(14)15-12(3,4)5;1-9(2)11-4-6-12(7-5-11)8-10(3)13;1-8(2)10-5-4-6-12(10)7-9(3)11;1-7(2)9-6-4-5-8(3)10-9;1-6(2)10-5-3-4-7(10)8(9)11;1-8(2,3)6-4-7(10)9-5-6;1-5(2)7-4-3-6(7)8;;/h12-13H,5-11H2,1-4H3;9-10H,6-8H2,1-5H3;9,11H,4-8H2,1-3H3;8,10H,3-7,11H2,1-2H3;7,9-10H,3-6H2,1-2H3;6-7H,3-5H2,1-2H3,(H2,9,11);6H,4-5H2,1-3H3,(H,9,10);5H,3-4H2,1-2H3;2*1H4. The van der Waals surface area contributed by atoms with E-state index in [2.05, 4.69) is 147 Å². The van der Waals surface area contributed by atoms with Gasteiger partial charge in [-0.25, -0.2) is 4.79 Å². The van der Waals surface area contributed by atoms with Gasteiger partial charge in [0.2, 0.25) is 23.6 Å². The molecule has 0 aromatic rings. The van der Waals surface area contributed by atoms with Crippen LogP contribution in [0.4, 0.5) is 4.79 Å². The molecule has 5 amide bonds. The summed E-state index contributed by atoms with van der Waals surface area (Å²) in [5.74, 6) is 6.79. The largest absolute Gasteiger partial charge is 0.444 e. The van der Waals surface area contributed by atoms with E-state index < -0.39 is 0 Å². The van der Waals surface area contributed by atoms with E-state index in [1.165, 1.54) is 70.0 Å². The first kappa shape index (κ1) is 95.8. The molecule has 576 valence electrons. The number of nitrogens with two attached hydrogens (primary N) is 2. The Morgan fingerprint density at radius 2 is 1.10 bits per heavy atom. The summed E-state index contributed by atoms with van der Waals surface area (Å²) >= 11 is 0. The smallest absolute Gasteiger partial charge is 0.410 e. The normalized spacial score (nSPS) is 22.5. The summed E-state index contributed by atoms with van der Waals surface area (Å²) in [5.41, 5.74) is 12.8. The number of hydrogen-bond acceptors (Lipinski definition) is 13. The highest BCUT2D eigenvalue weighted by molar-refractivity contribution is 5.82. The molecule has 8 aliphatic rings. The first-order chi connectivity index (χ1) is 44.6. The van der Waals surface area contributed by atoms with Crippen LogP contribution in [0.3, 0.4) is 0 Å². The molecule has 8 rings (SSSR count). The number of ketones is 1. The highest BCUT2D eigenvalue weighted by Gasteiger charge is 2.35. The summed E-state index contributed by atoms with van der Waals surface area (Å²) in [6, 6.07) is 2.62. The number of likely N-dealkylation sites (tertiary alicyclic amines) is 6. The minimum Gasteiger partial charge on any atom is -0.444 e. The predicted molar refractivity (Wildman–Crippen MR) is 414 cm³/mol. The van der Waals surface area contributed by atoms with Crippen molar-refractivity contribution in [2.45, 2.75) is 312 Å². The summed E-state index contributed by atoms with van der Waals surface area (Å²) in [5, 5.41) is 6.26. The average Bonchev–Trinajstić information content (AvgIpc) is 1.83. The van der Waals surface area contributed by atoms with Crippen molar-refractivity contribution in [3.63, 3.8) is 0 Å². The Kier molecular flexibility index (Phi) is 47.5. The number of carbonyl (C=O) groups is 6. The lowest BCUT2D eigenvalue weighted by atomic mass is 9.80. The second kappa shape index (κ2) is 48.6. The molecule has 0 bridgehead atoms. The lowest BCUT2D eigenvalue weighted by Gasteiger charge is -2.34. The van der Waals surface area contributed by atoms with Crippen molar-refractivity contribution < 1.29 is 33.5 Å². The highest BCUT2D eigenvalue weighted by atomic mass is 16.6. The van der Waals surface area contributed by atoms with Gasteiger partial charge in [0.15, 0.2) is 0 Å². The van der Waals surface area contributed by atoms with Crippen molar-refractivity contribution in [3.05, 3.63) is 24.6 Å². The lowest BCUT2D eigenvalue weighted by molar-refractivity contribution is -0.142. The molecule has 0 aromatic heterocycles. The molecule has 5 atom stereocenters. The van der Waals surface area contributed by atoms with Crippen molar-refractivity contribution in [2.24, 2.45) is 64.2 Å². The van der Waals surface area contributed by atoms with Gasteiger partial charge in [-0.05, 0) is 245 Å². The van der Waals surface area contributed by atoms with Gasteiger partial charge in [-0.1, -0.05) is 118 Å². The molecule has 0 radical (unpaired) electrons. The van der Waals surface area contributed by atoms with Crippen LogP contribution in [-0.2, 0) is 28.7 Å². The average molecular weight is 1390 g/mol. The minimum absolute atomic E-state index is 0. The third kappa shape index (κ3) is 38.1. The van der Waals surface area contributed by atoms with Crippen molar-refractivity contribution in [1.82, 2.24) is 44.9 Å². The van der Waals surface area contributed by atoms with Crippen LogP contribution in [-0.4, -0.2) is 203 Å². The third-order valence-electron chi connectivity index (χ3n) is 20.5. The second-order valence-electron chi connectivity index (χ2n) is 33.1. The fraction of sp³-hybridized carbons (Fsp3) is 0.875. The van der Waals surface area contributed by atoms with E-state index in [9.17, 15) is 28.8 Å². The Labute approximate surface area is 603 Å². The first-order valence-corrected chi connectivity index (χ1v) is 38.1. The second-order valence-corrected chi connectivity index (χ2v) is 33.1. The maximum absolute atomic E-state index is 12.0. The Morgan fingerprint density at radius 1 is 0.602 bits per heavy atom. The molecule has 0 aromatic carbocycles.